The third kappa shape index (κ3) is 2.79. The predicted octanol–water partition coefficient (Wildman–Crippen LogP) is 3.15. The Morgan fingerprint density at radius 2 is 1.57 bits per heavy atom. The second-order valence-electron chi connectivity index (χ2n) is 4.93. The number of rotatable bonds is 1. The van der Waals surface area contributed by atoms with Crippen molar-refractivity contribution >= 4 is 0 Å². The first-order valence-electron chi connectivity index (χ1n) is 5.43. The maximum Gasteiger partial charge on any atom is 0.0576 e. The van der Waals surface area contributed by atoms with Crippen LogP contribution in [0.4, 0.5) is 0 Å². The molecule has 87 valence electrons. The van der Waals surface area contributed by atoms with Crippen LogP contribution < -0.4 is 0 Å². The van der Waals surface area contributed by atoms with Gasteiger partial charge in [0.05, 0.1) is 6.10 Å². The zero-order chi connectivity index (χ0) is 10.2. The van der Waals surface area contributed by atoms with Crippen LogP contribution >= 0.6 is 0 Å². The van der Waals surface area contributed by atoms with Crippen LogP contribution in [0.2, 0.25) is 0 Å². The van der Waals surface area contributed by atoms with Crippen molar-refractivity contribution < 1.29 is 24.2 Å². The number of ether oxygens (including phenoxy) is 1. The molecule has 1 aliphatic heterocycles. The molecular formula is C12H23ORh-. The van der Waals surface area contributed by atoms with E-state index >= 15 is 0 Å². The van der Waals surface area contributed by atoms with Crippen LogP contribution in [0.15, 0.2) is 0 Å². The number of hydrogen-bond acceptors (Lipinski definition) is 1. The summed E-state index contributed by atoms with van der Waals surface area (Å²) in [6.07, 6.45) is 0.738. The fraction of sp³-hybridized carbons (Fsp3) is 0.917. The average Bonchev–Trinajstić information content (AvgIpc) is 2.07. The summed E-state index contributed by atoms with van der Waals surface area (Å²) >= 11 is 0. The van der Waals surface area contributed by atoms with E-state index in [-0.39, 0.29) is 19.5 Å². The standard InChI is InChI=1S/C12H23O.Rh/c1-7(2)12-10(5)8(3)9(4)11(6)13-12;/h7-12H,5H2,1-4,6H3;/q-1;. The quantitative estimate of drug-likeness (QED) is 0.531. The second kappa shape index (κ2) is 5.61. The van der Waals surface area contributed by atoms with Crippen LogP contribution in [0.3, 0.4) is 0 Å². The summed E-state index contributed by atoms with van der Waals surface area (Å²) in [5, 5.41) is 0. The van der Waals surface area contributed by atoms with E-state index in [0.29, 0.717) is 35.9 Å². The molecule has 1 radical (unpaired) electrons. The van der Waals surface area contributed by atoms with Crippen molar-refractivity contribution in [3.05, 3.63) is 6.92 Å². The molecule has 0 saturated carbocycles. The molecule has 2 heteroatoms. The Bertz CT molecular complexity index is 170. The fourth-order valence-corrected chi connectivity index (χ4v) is 2.24. The smallest absolute Gasteiger partial charge is 0.0576 e. The van der Waals surface area contributed by atoms with Gasteiger partial charge < -0.3 is 11.7 Å². The van der Waals surface area contributed by atoms with E-state index in [9.17, 15) is 0 Å². The fourth-order valence-electron chi connectivity index (χ4n) is 2.24. The topological polar surface area (TPSA) is 9.23 Å². The molecule has 0 amide bonds. The first-order valence-corrected chi connectivity index (χ1v) is 5.43. The van der Waals surface area contributed by atoms with E-state index in [1.54, 1.807) is 0 Å². The molecule has 0 spiro atoms. The van der Waals surface area contributed by atoms with E-state index in [2.05, 4.69) is 41.5 Å². The monoisotopic (exact) mass is 286 g/mol. The van der Waals surface area contributed by atoms with Crippen LogP contribution in [-0.4, -0.2) is 12.2 Å². The van der Waals surface area contributed by atoms with Gasteiger partial charge in [0.1, 0.15) is 0 Å². The Labute approximate surface area is 102 Å². The van der Waals surface area contributed by atoms with Gasteiger partial charge in [0, 0.05) is 25.6 Å². The van der Waals surface area contributed by atoms with Crippen molar-refractivity contribution in [3.63, 3.8) is 0 Å². The molecule has 5 unspecified atom stereocenters. The van der Waals surface area contributed by atoms with Crippen molar-refractivity contribution in [2.24, 2.45) is 23.7 Å². The molecule has 1 rings (SSSR count). The molecule has 1 heterocycles. The third-order valence-corrected chi connectivity index (χ3v) is 3.70. The van der Waals surface area contributed by atoms with Gasteiger partial charge in [-0.15, -0.1) is 5.92 Å². The van der Waals surface area contributed by atoms with Crippen molar-refractivity contribution in [1.82, 2.24) is 0 Å². The minimum absolute atomic E-state index is 0. The molecule has 0 aliphatic carbocycles. The summed E-state index contributed by atoms with van der Waals surface area (Å²) in [4.78, 5) is 0. The van der Waals surface area contributed by atoms with Gasteiger partial charge in [0.2, 0.25) is 0 Å². The maximum atomic E-state index is 5.98. The third-order valence-electron chi connectivity index (χ3n) is 3.70. The van der Waals surface area contributed by atoms with Gasteiger partial charge in [-0.25, -0.2) is 0 Å². The zero-order valence-electron chi connectivity index (χ0n) is 9.91. The first-order chi connectivity index (χ1) is 5.95. The van der Waals surface area contributed by atoms with E-state index in [1.807, 2.05) is 0 Å². The Morgan fingerprint density at radius 3 is 2.00 bits per heavy atom. The molecular weight excluding hydrogens is 263 g/mol. The molecule has 14 heavy (non-hydrogen) atoms. The Hall–Kier alpha value is 0.583. The molecule has 0 aromatic heterocycles. The summed E-state index contributed by atoms with van der Waals surface area (Å²) < 4.78 is 5.98. The van der Waals surface area contributed by atoms with Crippen molar-refractivity contribution in [2.45, 2.75) is 46.8 Å². The Morgan fingerprint density at radius 1 is 1.07 bits per heavy atom. The Balaban J connectivity index is 0.00000169. The molecule has 1 nitrogen and oxygen atoms in total. The van der Waals surface area contributed by atoms with E-state index in [1.165, 1.54) is 0 Å². The first kappa shape index (κ1) is 14.6. The summed E-state index contributed by atoms with van der Waals surface area (Å²) in [7, 11) is 0. The van der Waals surface area contributed by atoms with Crippen molar-refractivity contribution in [2.75, 3.05) is 0 Å². The van der Waals surface area contributed by atoms with Crippen molar-refractivity contribution in [1.29, 1.82) is 0 Å². The maximum absolute atomic E-state index is 5.98. The zero-order valence-corrected chi connectivity index (χ0v) is 11.6. The molecule has 0 N–H and O–H groups in total. The predicted molar refractivity (Wildman–Crippen MR) is 56.3 cm³/mol. The molecule has 0 aromatic rings. The van der Waals surface area contributed by atoms with Gasteiger partial charge in [0.15, 0.2) is 0 Å². The second-order valence-corrected chi connectivity index (χ2v) is 4.93. The van der Waals surface area contributed by atoms with Crippen LogP contribution in [0.5, 0.6) is 0 Å². The van der Waals surface area contributed by atoms with Gasteiger partial charge in [0.25, 0.3) is 0 Å². The molecule has 0 aromatic carbocycles. The van der Waals surface area contributed by atoms with Gasteiger partial charge >= 0.3 is 0 Å². The van der Waals surface area contributed by atoms with E-state index in [0.717, 1.165) is 0 Å². The largest absolute Gasteiger partial charge is 0.377 e. The van der Waals surface area contributed by atoms with Gasteiger partial charge in [-0.1, -0.05) is 33.6 Å². The summed E-state index contributed by atoms with van der Waals surface area (Å²) in [5.41, 5.74) is 0. The van der Waals surface area contributed by atoms with Gasteiger partial charge in [-0.3, -0.25) is 0 Å². The summed E-state index contributed by atoms with van der Waals surface area (Å²) in [5.74, 6) is 2.35. The van der Waals surface area contributed by atoms with Crippen molar-refractivity contribution in [3.8, 4) is 0 Å². The van der Waals surface area contributed by atoms with Crippen LogP contribution in [0.1, 0.15) is 34.6 Å². The summed E-state index contributed by atoms with van der Waals surface area (Å²) in [6, 6.07) is 0. The van der Waals surface area contributed by atoms with Crippen LogP contribution in [0.25, 0.3) is 0 Å². The number of hydrogen-bond donors (Lipinski definition) is 0. The minimum atomic E-state index is 0. The SMILES string of the molecule is [CH2-]C1C(C)C(C)C(C)OC1C(C)C.[Rh]. The molecule has 5 atom stereocenters. The van der Waals surface area contributed by atoms with Gasteiger partial charge in [-0.2, -0.15) is 0 Å². The average molecular weight is 286 g/mol. The van der Waals surface area contributed by atoms with Gasteiger partial charge in [-0.05, 0) is 18.8 Å². The summed E-state index contributed by atoms with van der Waals surface area (Å²) in [6.45, 7) is 15.4. The molecule has 1 saturated heterocycles. The van der Waals surface area contributed by atoms with E-state index < -0.39 is 0 Å². The van der Waals surface area contributed by atoms with E-state index in [4.69, 9.17) is 4.74 Å². The molecule has 1 aliphatic rings. The van der Waals surface area contributed by atoms with Crippen LogP contribution in [-0.2, 0) is 24.2 Å². The minimum Gasteiger partial charge on any atom is -0.377 e. The Kier molecular flexibility index (Phi) is 5.84. The normalized spacial score (nSPS) is 43.5. The van der Waals surface area contributed by atoms with Crippen LogP contribution in [0, 0.1) is 30.6 Å². The molecule has 1 fully saturated rings. The molecule has 0 bridgehead atoms.